The van der Waals surface area contributed by atoms with Gasteiger partial charge in [0, 0.05) is 18.5 Å². The highest BCUT2D eigenvalue weighted by Crippen LogP contribution is 2.24. The Hall–Kier alpha value is -2.13. The molecule has 1 fully saturated rings. The first-order chi connectivity index (χ1) is 12.3. The summed E-state index contributed by atoms with van der Waals surface area (Å²) in [5.41, 5.74) is 5.44. The van der Waals surface area contributed by atoms with Gasteiger partial charge in [-0.15, -0.1) is 0 Å². The van der Waals surface area contributed by atoms with Crippen molar-refractivity contribution in [1.82, 2.24) is 15.1 Å². The zero-order chi connectivity index (χ0) is 17.1. The van der Waals surface area contributed by atoms with Gasteiger partial charge in [-0.2, -0.15) is 5.10 Å². The Morgan fingerprint density at radius 3 is 2.72 bits per heavy atom. The second-order valence-electron chi connectivity index (χ2n) is 7.41. The van der Waals surface area contributed by atoms with Gasteiger partial charge in [0.05, 0.1) is 11.7 Å². The fraction of sp³-hybridized carbons (Fsp3) is 0.409. The average molecular weight is 333 g/mol. The van der Waals surface area contributed by atoms with E-state index >= 15 is 0 Å². The van der Waals surface area contributed by atoms with Crippen LogP contribution in [-0.2, 0) is 19.4 Å². The summed E-state index contributed by atoms with van der Waals surface area (Å²) < 4.78 is 0. The first-order valence-corrected chi connectivity index (χ1v) is 9.52. The number of likely N-dealkylation sites (tertiary alicyclic amines) is 1. The van der Waals surface area contributed by atoms with Gasteiger partial charge in [0.2, 0.25) is 0 Å². The van der Waals surface area contributed by atoms with E-state index < -0.39 is 0 Å². The molecule has 2 aromatic carbocycles. The summed E-state index contributed by atoms with van der Waals surface area (Å²) in [6.07, 6.45) is 6.87. The van der Waals surface area contributed by atoms with Crippen molar-refractivity contribution in [3.8, 4) is 0 Å². The van der Waals surface area contributed by atoms with E-state index in [1.54, 1.807) is 0 Å². The van der Waals surface area contributed by atoms with Gasteiger partial charge in [0.25, 0.3) is 0 Å². The van der Waals surface area contributed by atoms with Crippen LogP contribution in [0.25, 0.3) is 10.9 Å². The summed E-state index contributed by atoms with van der Waals surface area (Å²) in [5.74, 6) is 0.757. The van der Waals surface area contributed by atoms with E-state index in [4.69, 9.17) is 0 Å². The molecule has 0 radical (unpaired) electrons. The Kier molecular flexibility index (Phi) is 4.84. The summed E-state index contributed by atoms with van der Waals surface area (Å²) in [5, 5.41) is 8.39. The van der Waals surface area contributed by atoms with Crippen LogP contribution in [0, 0.1) is 5.92 Å². The molecule has 1 atom stereocenters. The Balaban J connectivity index is 1.38. The molecule has 1 aliphatic heterocycles. The van der Waals surface area contributed by atoms with Crippen molar-refractivity contribution in [3.05, 3.63) is 65.4 Å². The molecule has 3 nitrogen and oxygen atoms in total. The number of aromatic nitrogens is 2. The lowest BCUT2D eigenvalue weighted by atomic mass is 9.90. The van der Waals surface area contributed by atoms with Crippen molar-refractivity contribution in [2.24, 2.45) is 5.92 Å². The van der Waals surface area contributed by atoms with E-state index in [2.05, 4.69) is 64.5 Å². The second-order valence-corrected chi connectivity index (χ2v) is 7.41. The molecule has 1 N–H and O–H groups in total. The van der Waals surface area contributed by atoms with E-state index in [0.29, 0.717) is 0 Å². The maximum Gasteiger partial charge on any atom is 0.0650 e. The Morgan fingerprint density at radius 1 is 1.08 bits per heavy atom. The first kappa shape index (κ1) is 16.3. The van der Waals surface area contributed by atoms with Gasteiger partial charge >= 0.3 is 0 Å². The predicted molar refractivity (Wildman–Crippen MR) is 104 cm³/mol. The maximum absolute atomic E-state index is 4.13. The zero-order valence-corrected chi connectivity index (χ0v) is 15.0. The Morgan fingerprint density at radius 2 is 1.88 bits per heavy atom. The molecule has 0 unspecified atom stereocenters. The minimum absolute atomic E-state index is 0.757. The van der Waals surface area contributed by atoms with E-state index in [9.17, 15) is 0 Å². The van der Waals surface area contributed by atoms with Crippen LogP contribution in [0.4, 0.5) is 0 Å². The van der Waals surface area contributed by atoms with Gasteiger partial charge < -0.3 is 0 Å². The smallest absolute Gasteiger partial charge is 0.0650 e. The van der Waals surface area contributed by atoms with Crippen molar-refractivity contribution in [3.63, 3.8) is 0 Å². The van der Waals surface area contributed by atoms with Gasteiger partial charge in [0.15, 0.2) is 0 Å². The molecule has 0 saturated carbocycles. The molecule has 1 aliphatic rings. The van der Waals surface area contributed by atoms with Gasteiger partial charge in [-0.1, -0.05) is 37.3 Å². The number of H-pyrrole nitrogens is 1. The monoisotopic (exact) mass is 333 g/mol. The second kappa shape index (κ2) is 7.40. The molecule has 2 heterocycles. The quantitative estimate of drug-likeness (QED) is 0.741. The third-order valence-corrected chi connectivity index (χ3v) is 5.47. The molecule has 25 heavy (non-hydrogen) atoms. The molecule has 1 saturated heterocycles. The summed E-state index contributed by atoms with van der Waals surface area (Å²) in [6, 6.07) is 15.9. The van der Waals surface area contributed by atoms with E-state index in [1.807, 2.05) is 6.20 Å². The SMILES string of the molecule is CCc1ccc(CN2CCC[C@H](Cc3ccc4[nH]ncc4c3)C2)cc1. The normalized spacial score (nSPS) is 18.7. The highest BCUT2D eigenvalue weighted by molar-refractivity contribution is 5.78. The standard InChI is InChI=1S/C22H27N3/c1-2-17-5-7-18(8-6-17)15-25-11-3-4-20(16-25)12-19-9-10-22-21(13-19)14-23-24-22/h5-10,13-14,20H,2-4,11-12,15-16H2,1H3,(H,23,24)/t20-/m1/s1. The van der Waals surface area contributed by atoms with Gasteiger partial charge in [-0.25, -0.2) is 0 Å². The average Bonchev–Trinajstić information content (AvgIpc) is 3.10. The molecular formula is C22H27N3. The maximum atomic E-state index is 4.13. The van der Waals surface area contributed by atoms with E-state index in [-0.39, 0.29) is 0 Å². The number of fused-ring (bicyclic) bond motifs is 1. The van der Waals surface area contributed by atoms with Crippen molar-refractivity contribution < 1.29 is 0 Å². The van der Waals surface area contributed by atoms with Gasteiger partial charge in [-0.05, 0) is 67.0 Å². The molecule has 1 aromatic heterocycles. The van der Waals surface area contributed by atoms with Gasteiger partial charge in [-0.3, -0.25) is 10.00 Å². The number of nitrogens with zero attached hydrogens (tertiary/aromatic N) is 2. The van der Waals surface area contributed by atoms with Crippen molar-refractivity contribution in [1.29, 1.82) is 0 Å². The number of hydrogen-bond donors (Lipinski definition) is 1. The van der Waals surface area contributed by atoms with Crippen LogP contribution in [0.2, 0.25) is 0 Å². The number of piperidine rings is 1. The van der Waals surface area contributed by atoms with Crippen LogP contribution in [0.1, 0.15) is 36.5 Å². The fourth-order valence-electron chi connectivity index (χ4n) is 4.05. The zero-order valence-electron chi connectivity index (χ0n) is 15.0. The van der Waals surface area contributed by atoms with Crippen LogP contribution in [0.5, 0.6) is 0 Å². The number of benzene rings is 2. The number of hydrogen-bond acceptors (Lipinski definition) is 2. The van der Waals surface area contributed by atoms with E-state index in [0.717, 1.165) is 24.4 Å². The van der Waals surface area contributed by atoms with Crippen LogP contribution in [0.3, 0.4) is 0 Å². The van der Waals surface area contributed by atoms with Crippen molar-refractivity contribution >= 4 is 10.9 Å². The summed E-state index contributed by atoms with van der Waals surface area (Å²) >= 11 is 0. The minimum atomic E-state index is 0.757. The predicted octanol–water partition coefficient (Wildman–Crippen LogP) is 4.58. The van der Waals surface area contributed by atoms with Crippen molar-refractivity contribution in [2.45, 2.75) is 39.2 Å². The van der Waals surface area contributed by atoms with Crippen LogP contribution in [-0.4, -0.2) is 28.2 Å². The summed E-state index contributed by atoms with van der Waals surface area (Å²) in [6.45, 7) is 5.73. The number of aryl methyl sites for hydroxylation is 1. The molecule has 0 spiro atoms. The lowest BCUT2D eigenvalue weighted by Crippen LogP contribution is -2.35. The lowest BCUT2D eigenvalue weighted by molar-refractivity contribution is 0.167. The van der Waals surface area contributed by atoms with Crippen LogP contribution < -0.4 is 0 Å². The lowest BCUT2D eigenvalue weighted by Gasteiger charge is -2.33. The fourth-order valence-corrected chi connectivity index (χ4v) is 4.05. The Labute approximate surface area is 150 Å². The van der Waals surface area contributed by atoms with Crippen LogP contribution >= 0.6 is 0 Å². The Bertz CT molecular complexity index is 819. The highest BCUT2D eigenvalue weighted by atomic mass is 15.1. The minimum Gasteiger partial charge on any atom is -0.299 e. The number of nitrogens with one attached hydrogen (secondary N) is 1. The largest absolute Gasteiger partial charge is 0.299 e. The molecule has 3 aromatic rings. The van der Waals surface area contributed by atoms with E-state index in [1.165, 1.54) is 54.4 Å². The molecule has 130 valence electrons. The highest BCUT2D eigenvalue weighted by Gasteiger charge is 2.20. The summed E-state index contributed by atoms with van der Waals surface area (Å²) in [7, 11) is 0. The molecule has 0 amide bonds. The first-order valence-electron chi connectivity index (χ1n) is 9.52. The van der Waals surface area contributed by atoms with Gasteiger partial charge in [0.1, 0.15) is 0 Å². The topological polar surface area (TPSA) is 31.9 Å². The third kappa shape index (κ3) is 3.93. The summed E-state index contributed by atoms with van der Waals surface area (Å²) in [4.78, 5) is 2.63. The van der Waals surface area contributed by atoms with Crippen molar-refractivity contribution in [2.75, 3.05) is 13.1 Å². The number of rotatable bonds is 5. The number of aromatic amines is 1. The molecular weight excluding hydrogens is 306 g/mol. The van der Waals surface area contributed by atoms with Crippen LogP contribution in [0.15, 0.2) is 48.7 Å². The molecule has 0 aliphatic carbocycles. The third-order valence-electron chi connectivity index (χ3n) is 5.47. The molecule has 4 rings (SSSR count). The molecule has 0 bridgehead atoms. The molecule has 3 heteroatoms.